The van der Waals surface area contributed by atoms with Gasteiger partial charge in [-0.2, -0.15) is 0 Å². The van der Waals surface area contributed by atoms with E-state index >= 15 is 0 Å². The van der Waals surface area contributed by atoms with Crippen LogP contribution >= 0.6 is 27.7 Å². The van der Waals surface area contributed by atoms with Crippen LogP contribution in [0.4, 0.5) is 0 Å². The molecule has 1 aromatic rings. The van der Waals surface area contributed by atoms with Gasteiger partial charge in [0.15, 0.2) is 0 Å². The highest BCUT2D eigenvalue weighted by Crippen LogP contribution is 2.18. The summed E-state index contributed by atoms with van der Waals surface area (Å²) in [5.74, 6) is 0. The quantitative estimate of drug-likeness (QED) is 0.628. The second-order valence-corrected chi connectivity index (χ2v) is 3.64. The molecule has 0 unspecified atom stereocenters. The number of rotatable bonds is 2. The van der Waals surface area contributed by atoms with Crippen LogP contribution in [-0.4, -0.2) is 16.3 Å². The molecule has 0 amide bonds. The lowest BCUT2D eigenvalue weighted by atomic mass is 10.3. The van der Waals surface area contributed by atoms with E-state index in [2.05, 4.69) is 20.9 Å². The third-order valence-electron chi connectivity index (χ3n) is 1.22. The molecule has 0 saturated carbocycles. The van der Waals surface area contributed by atoms with Gasteiger partial charge in [-0.05, 0) is 39.9 Å². The van der Waals surface area contributed by atoms with Gasteiger partial charge in [-0.15, -0.1) is 11.8 Å². The first-order valence-corrected chi connectivity index (χ1v) is 5.09. The van der Waals surface area contributed by atoms with Gasteiger partial charge in [0, 0.05) is 0 Å². The number of thioether (sulfide) groups is 1. The Labute approximate surface area is 78.2 Å². The molecular weight excluding hydrogens is 226 g/mol. The fraction of sp³-hybridized carbons (Fsp3) is 0.286. The largest absolute Gasteiger partial charge is 0.392 e. The van der Waals surface area contributed by atoms with Gasteiger partial charge in [-0.25, -0.2) is 4.98 Å². The second-order valence-electron chi connectivity index (χ2n) is 2.00. The van der Waals surface area contributed by atoms with Crippen molar-refractivity contribution in [3.8, 4) is 0 Å². The summed E-state index contributed by atoms with van der Waals surface area (Å²) in [4.78, 5) is 4.17. The fourth-order valence-corrected chi connectivity index (χ4v) is 1.78. The van der Waals surface area contributed by atoms with Crippen molar-refractivity contribution in [1.29, 1.82) is 0 Å². The predicted octanol–water partition coefficient (Wildman–Crippen LogP) is 2.06. The van der Waals surface area contributed by atoms with E-state index in [1.54, 1.807) is 17.8 Å². The molecule has 1 N–H and O–H groups in total. The van der Waals surface area contributed by atoms with Gasteiger partial charge in [-0.3, -0.25) is 0 Å². The van der Waals surface area contributed by atoms with Crippen LogP contribution in [0.3, 0.4) is 0 Å². The van der Waals surface area contributed by atoms with Crippen LogP contribution in [0.1, 0.15) is 5.56 Å². The van der Waals surface area contributed by atoms with Crippen LogP contribution in [0.2, 0.25) is 0 Å². The molecule has 0 saturated heterocycles. The van der Waals surface area contributed by atoms with Crippen LogP contribution < -0.4 is 0 Å². The number of hydrogen-bond donors (Lipinski definition) is 1. The van der Waals surface area contributed by atoms with Crippen LogP contribution in [0.15, 0.2) is 21.8 Å². The zero-order valence-corrected chi connectivity index (χ0v) is 8.44. The van der Waals surface area contributed by atoms with Gasteiger partial charge in [-0.1, -0.05) is 0 Å². The molecule has 4 heteroatoms. The van der Waals surface area contributed by atoms with Gasteiger partial charge >= 0.3 is 0 Å². The third kappa shape index (κ3) is 2.47. The zero-order valence-electron chi connectivity index (χ0n) is 6.04. The average Bonchev–Trinajstić information content (AvgIpc) is 2.03. The SMILES string of the molecule is CSc1cc(CO)cc(Br)n1. The first-order chi connectivity index (χ1) is 5.26. The highest BCUT2D eigenvalue weighted by Gasteiger charge is 1.97. The van der Waals surface area contributed by atoms with E-state index in [0.717, 1.165) is 15.2 Å². The number of hydrogen-bond acceptors (Lipinski definition) is 3. The molecule has 0 aliphatic rings. The van der Waals surface area contributed by atoms with E-state index in [9.17, 15) is 0 Å². The molecule has 0 atom stereocenters. The minimum absolute atomic E-state index is 0.0642. The Morgan fingerprint density at radius 3 is 2.91 bits per heavy atom. The summed E-state index contributed by atoms with van der Waals surface area (Å²) in [6, 6.07) is 3.68. The zero-order chi connectivity index (χ0) is 8.27. The number of aliphatic hydroxyl groups is 1. The van der Waals surface area contributed by atoms with Gasteiger partial charge in [0.2, 0.25) is 0 Å². The van der Waals surface area contributed by atoms with E-state index in [1.165, 1.54) is 0 Å². The normalized spacial score (nSPS) is 10.1. The number of aromatic nitrogens is 1. The molecule has 0 aliphatic carbocycles. The Kier molecular flexibility index (Phi) is 3.36. The molecular formula is C7H8BrNOS. The van der Waals surface area contributed by atoms with Crippen molar-refractivity contribution in [1.82, 2.24) is 4.98 Å². The Morgan fingerprint density at radius 1 is 1.64 bits per heavy atom. The number of nitrogens with zero attached hydrogens (tertiary/aromatic N) is 1. The summed E-state index contributed by atoms with van der Waals surface area (Å²) in [5, 5.41) is 9.74. The first-order valence-electron chi connectivity index (χ1n) is 3.07. The van der Waals surface area contributed by atoms with Crippen molar-refractivity contribution in [2.24, 2.45) is 0 Å². The lowest BCUT2D eigenvalue weighted by Crippen LogP contribution is -1.87. The Hall–Kier alpha value is -0.0600. The van der Waals surface area contributed by atoms with Crippen molar-refractivity contribution in [3.63, 3.8) is 0 Å². The van der Waals surface area contributed by atoms with Gasteiger partial charge in [0.25, 0.3) is 0 Å². The van der Waals surface area contributed by atoms with E-state index in [-0.39, 0.29) is 6.61 Å². The minimum atomic E-state index is 0.0642. The molecule has 0 aliphatic heterocycles. The molecule has 1 heterocycles. The molecule has 0 spiro atoms. The summed E-state index contributed by atoms with van der Waals surface area (Å²) in [5.41, 5.74) is 0.885. The Balaban J connectivity index is 3.02. The topological polar surface area (TPSA) is 33.1 Å². The van der Waals surface area contributed by atoms with Crippen LogP contribution in [0, 0.1) is 0 Å². The second kappa shape index (κ2) is 4.09. The van der Waals surface area contributed by atoms with Crippen LogP contribution in [0.5, 0.6) is 0 Å². The summed E-state index contributed by atoms with van der Waals surface area (Å²) in [6.07, 6.45) is 1.95. The molecule has 11 heavy (non-hydrogen) atoms. The monoisotopic (exact) mass is 233 g/mol. The average molecular weight is 234 g/mol. The maximum atomic E-state index is 8.82. The smallest absolute Gasteiger partial charge is 0.107 e. The third-order valence-corrected chi connectivity index (χ3v) is 2.26. The lowest BCUT2D eigenvalue weighted by Gasteiger charge is -1.99. The predicted molar refractivity (Wildman–Crippen MR) is 49.6 cm³/mol. The van der Waals surface area contributed by atoms with Crippen LogP contribution in [-0.2, 0) is 6.61 Å². The van der Waals surface area contributed by atoms with E-state index in [1.807, 2.05) is 12.3 Å². The van der Waals surface area contributed by atoms with E-state index < -0.39 is 0 Å². The van der Waals surface area contributed by atoms with E-state index in [4.69, 9.17) is 5.11 Å². The minimum Gasteiger partial charge on any atom is -0.392 e. The summed E-state index contributed by atoms with van der Waals surface area (Å²) in [6.45, 7) is 0.0642. The maximum Gasteiger partial charge on any atom is 0.107 e. The van der Waals surface area contributed by atoms with Gasteiger partial charge in [0.05, 0.1) is 11.6 Å². The number of pyridine rings is 1. The van der Waals surface area contributed by atoms with Crippen molar-refractivity contribution in [2.75, 3.05) is 6.26 Å². The summed E-state index contributed by atoms with van der Waals surface area (Å²) in [7, 11) is 0. The highest BCUT2D eigenvalue weighted by molar-refractivity contribution is 9.10. The Bertz CT molecular complexity index is 232. The van der Waals surface area contributed by atoms with Crippen molar-refractivity contribution < 1.29 is 5.11 Å². The molecule has 2 nitrogen and oxygen atoms in total. The van der Waals surface area contributed by atoms with Gasteiger partial charge in [0.1, 0.15) is 4.60 Å². The highest BCUT2D eigenvalue weighted by atomic mass is 79.9. The molecule has 0 fully saturated rings. The summed E-state index contributed by atoms with van der Waals surface area (Å²) >= 11 is 4.82. The molecule has 1 aromatic heterocycles. The lowest BCUT2D eigenvalue weighted by molar-refractivity contribution is 0.281. The molecule has 0 radical (unpaired) electrons. The van der Waals surface area contributed by atoms with E-state index in [0.29, 0.717) is 0 Å². The number of aliphatic hydroxyl groups excluding tert-OH is 1. The van der Waals surface area contributed by atoms with Gasteiger partial charge < -0.3 is 5.11 Å². The van der Waals surface area contributed by atoms with Crippen LogP contribution in [0.25, 0.3) is 0 Å². The standard InChI is InChI=1S/C7H8BrNOS/c1-11-7-3-5(4-10)2-6(8)9-7/h2-3,10H,4H2,1H3. The fourth-order valence-electron chi connectivity index (χ4n) is 0.719. The van der Waals surface area contributed by atoms with Crippen molar-refractivity contribution in [3.05, 3.63) is 22.3 Å². The van der Waals surface area contributed by atoms with Crippen molar-refractivity contribution >= 4 is 27.7 Å². The molecule has 60 valence electrons. The van der Waals surface area contributed by atoms with Crippen molar-refractivity contribution in [2.45, 2.75) is 11.6 Å². The Morgan fingerprint density at radius 2 is 2.36 bits per heavy atom. The first kappa shape index (κ1) is 9.03. The molecule has 0 aromatic carbocycles. The maximum absolute atomic E-state index is 8.82. The summed E-state index contributed by atoms with van der Waals surface area (Å²) < 4.78 is 0.772. The molecule has 1 rings (SSSR count). The molecule has 0 bridgehead atoms. The number of halogens is 1.